The van der Waals surface area contributed by atoms with Crippen LogP contribution in [-0.2, 0) is 13.1 Å². The first-order valence-corrected chi connectivity index (χ1v) is 4.89. The van der Waals surface area contributed by atoms with E-state index in [1.54, 1.807) is 12.4 Å². The van der Waals surface area contributed by atoms with Crippen molar-refractivity contribution in [2.24, 2.45) is 0 Å². The molecule has 0 saturated carbocycles. The molecule has 1 N–H and O–H groups in total. The molecular weight excluding hydrogens is 190 g/mol. The van der Waals surface area contributed by atoms with Gasteiger partial charge in [-0.1, -0.05) is 0 Å². The maximum atomic E-state index is 4.26. The fraction of sp³-hybridized carbons (Fsp3) is 0.300. The molecule has 0 aliphatic heterocycles. The Balaban J connectivity index is 1.99. The normalized spacial score (nSPS) is 10.2. The Morgan fingerprint density at radius 1 is 1.33 bits per heavy atom. The number of aryl methyl sites for hydroxylation is 1. The summed E-state index contributed by atoms with van der Waals surface area (Å²) in [6, 6.07) is 0. The van der Waals surface area contributed by atoms with E-state index in [0.29, 0.717) is 6.54 Å². The molecule has 2 heterocycles. The van der Waals surface area contributed by atoms with Gasteiger partial charge in [-0.25, -0.2) is 15.0 Å². The Kier molecular flexibility index (Phi) is 2.92. The Bertz CT molecular complexity index is 409. The summed E-state index contributed by atoms with van der Waals surface area (Å²) in [6.45, 7) is 3.72. The van der Waals surface area contributed by atoms with Crippen LogP contribution in [0, 0.1) is 0 Å². The van der Waals surface area contributed by atoms with E-state index in [0.717, 1.165) is 18.1 Å². The molecular formula is C10H13N5. The van der Waals surface area contributed by atoms with Gasteiger partial charge in [-0.05, 0) is 6.92 Å². The minimum Gasteiger partial charge on any atom is -0.375 e. The Morgan fingerprint density at radius 3 is 2.87 bits per heavy atom. The second-order valence-electron chi connectivity index (χ2n) is 3.11. The molecule has 15 heavy (non-hydrogen) atoms. The van der Waals surface area contributed by atoms with Gasteiger partial charge in [-0.3, -0.25) is 0 Å². The molecule has 0 atom stereocenters. The van der Waals surface area contributed by atoms with Crippen LogP contribution in [-0.4, -0.2) is 19.5 Å². The monoisotopic (exact) mass is 203 g/mol. The predicted molar refractivity (Wildman–Crippen MR) is 57.3 cm³/mol. The van der Waals surface area contributed by atoms with Gasteiger partial charge in [-0.2, -0.15) is 0 Å². The van der Waals surface area contributed by atoms with Crippen molar-refractivity contribution >= 4 is 5.69 Å². The van der Waals surface area contributed by atoms with E-state index in [2.05, 4.69) is 31.8 Å². The minimum absolute atomic E-state index is 0.689. The van der Waals surface area contributed by atoms with Crippen LogP contribution in [0.15, 0.2) is 31.1 Å². The highest BCUT2D eigenvalue weighted by Gasteiger charge is 2.00. The van der Waals surface area contributed by atoms with Gasteiger partial charge in [0, 0.05) is 18.9 Å². The maximum Gasteiger partial charge on any atom is 0.128 e. The third-order valence-electron chi connectivity index (χ3n) is 2.15. The molecule has 0 saturated heterocycles. The molecule has 2 aromatic rings. The van der Waals surface area contributed by atoms with Crippen LogP contribution in [0.25, 0.3) is 0 Å². The summed E-state index contributed by atoms with van der Waals surface area (Å²) < 4.78 is 2.09. The standard InChI is InChI=1S/C10H13N5/c1-2-15-4-3-13-10(15)7-14-9-5-11-8-12-6-9/h3-6,8,14H,2,7H2,1H3. The molecule has 0 aliphatic carbocycles. The molecule has 78 valence electrons. The first-order chi connectivity index (χ1) is 7.40. The largest absolute Gasteiger partial charge is 0.375 e. The maximum absolute atomic E-state index is 4.26. The van der Waals surface area contributed by atoms with Crippen molar-refractivity contribution in [1.82, 2.24) is 19.5 Å². The van der Waals surface area contributed by atoms with Crippen molar-refractivity contribution in [3.05, 3.63) is 36.9 Å². The summed E-state index contributed by atoms with van der Waals surface area (Å²) in [6.07, 6.45) is 8.77. The predicted octanol–water partition coefficient (Wildman–Crippen LogP) is 1.31. The number of imidazole rings is 1. The third kappa shape index (κ3) is 2.31. The summed E-state index contributed by atoms with van der Waals surface area (Å²) in [7, 11) is 0. The zero-order valence-electron chi connectivity index (χ0n) is 8.59. The molecule has 2 rings (SSSR count). The number of nitrogens with one attached hydrogen (secondary N) is 1. The van der Waals surface area contributed by atoms with Gasteiger partial charge in [0.1, 0.15) is 12.2 Å². The van der Waals surface area contributed by atoms with Crippen LogP contribution in [0.2, 0.25) is 0 Å². The molecule has 5 heteroatoms. The van der Waals surface area contributed by atoms with E-state index in [-0.39, 0.29) is 0 Å². The second-order valence-corrected chi connectivity index (χ2v) is 3.11. The van der Waals surface area contributed by atoms with Crippen LogP contribution in [0.5, 0.6) is 0 Å². The van der Waals surface area contributed by atoms with E-state index in [4.69, 9.17) is 0 Å². The molecule has 0 bridgehead atoms. The first-order valence-electron chi connectivity index (χ1n) is 4.89. The average Bonchev–Trinajstić information content (AvgIpc) is 2.75. The van der Waals surface area contributed by atoms with Gasteiger partial charge in [0.25, 0.3) is 0 Å². The van der Waals surface area contributed by atoms with Crippen LogP contribution >= 0.6 is 0 Å². The van der Waals surface area contributed by atoms with Crippen LogP contribution in [0.1, 0.15) is 12.7 Å². The van der Waals surface area contributed by atoms with E-state index in [1.807, 2.05) is 12.4 Å². The molecule has 2 aromatic heterocycles. The van der Waals surface area contributed by atoms with Crippen molar-refractivity contribution < 1.29 is 0 Å². The SMILES string of the molecule is CCn1ccnc1CNc1cncnc1. The van der Waals surface area contributed by atoms with Crippen molar-refractivity contribution in [3.8, 4) is 0 Å². The summed E-state index contributed by atoms with van der Waals surface area (Å²) >= 11 is 0. The van der Waals surface area contributed by atoms with E-state index < -0.39 is 0 Å². The highest BCUT2D eigenvalue weighted by atomic mass is 15.1. The molecule has 5 nitrogen and oxygen atoms in total. The molecule has 0 radical (unpaired) electrons. The van der Waals surface area contributed by atoms with Gasteiger partial charge < -0.3 is 9.88 Å². The molecule has 0 amide bonds. The van der Waals surface area contributed by atoms with E-state index >= 15 is 0 Å². The number of hydrogen-bond acceptors (Lipinski definition) is 4. The zero-order chi connectivity index (χ0) is 10.5. The number of anilines is 1. The molecule has 0 aliphatic rings. The van der Waals surface area contributed by atoms with Crippen LogP contribution in [0.4, 0.5) is 5.69 Å². The minimum atomic E-state index is 0.689. The highest BCUT2D eigenvalue weighted by Crippen LogP contribution is 2.04. The smallest absolute Gasteiger partial charge is 0.128 e. The number of hydrogen-bond donors (Lipinski definition) is 1. The third-order valence-corrected chi connectivity index (χ3v) is 2.15. The van der Waals surface area contributed by atoms with Crippen molar-refractivity contribution in [2.75, 3.05) is 5.32 Å². The molecule has 0 aromatic carbocycles. The van der Waals surface area contributed by atoms with Gasteiger partial charge in [0.05, 0.1) is 24.6 Å². The highest BCUT2D eigenvalue weighted by molar-refractivity contribution is 5.37. The quantitative estimate of drug-likeness (QED) is 0.813. The van der Waals surface area contributed by atoms with Gasteiger partial charge in [-0.15, -0.1) is 0 Å². The Morgan fingerprint density at radius 2 is 2.13 bits per heavy atom. The zero-order valence-corrected chi connectivity index (χ0v) is 8.59. The summed E-state index contributed by atoms with van der Waals surface area (Å²) in [5, 5.41) is 3.21. The lowest BCUT2D eigenvalue weighted by atomic mass is 10.5. The van der Waals surface area contributed by atoms with Crippen LogP contribution in [0.3, 0.4) is 0 Å². The number of nitrogens with zero attached hydrogens (tertiary/aromatic N) is 4. The van der Waals surface area contributed by atoms with Crippen molar-refractivity contribution in [1.29, 1.82) is 0 Å². The molecule has 0 spiro atoms. The van der Waals surface area contributed by atoms with Gasteiger partial charge >= 0.3 is 0 Å². The fourth-order valence-electron chi connectivity index (χ4n) is 1.37. The first kappa shape index (κ1) is 9.64. The molecule has 0 unspecified atom stereocenters. The van der Waals surface area contributed by atoms with Crippen molar-refractivity contribution in [3.63, 3.8) is 0 Å². The summed E-state index contributed by atoms with van der Waals surface area (Å²) in [4.78, 5) is 12.1. The molecule has 0 fully saturated rings. The number of rotatable bonds is 4. The van der Waals surface area contributed by atoms with Gasteiger partial charge in [0.2, 0.25) is 0 Å². The Hall–Kier alpha value is -1.91. The van der Waals surface area contributed by atoms with E-state index in [9.17, 15) is 0 Å². The Labute approximate surface area is 88.2 Å². The summed E-state index contributed by atoms with van der Waals surface area (Å²) in [5.41, 5.74) is 0.906. The number of aromatic nitrogens is 4. The lowest BCUT2D eigenvalue weighted by molar-refractivity contribution is 0.708. The summed E-state index contributed by atoms with van der Waals surface area (Å²) in [5.74, 6) is 1.02. The topological polar surface area (TPSA) is 55.6 Å². The van der Waals surface area contributed by atoms with Crippen molar-refractivity contribution in [2.45, 2.75) is 20.0 Å². The lowest BCUT2D eigenvalue weighted by Crippen LogP contribution is -2.07. The fourth-order valence-corrected chi connectivity index (χ4v) is 1.37. The van der Waals surface area contributed by atoms with E-state index in [1.165, 1.54) is 6.33 Å². The second kappa shape index (κ2) is 4.54. The van der Waals surface area contributed by atoms with Crippen LogP contribution < -0.4 is 5.32 Å². The average molecular weight is 203 g/mol. The lowest BCUT2D eigenvalue weighted by Gasteiger charge is -2.06. The van der Waals surface area contributed by atoms with Gasteiger partial charge in [0.15, 0.2) is 0 Å².